The SMILES string of the molecule is CCNC1CCCN(c2nccn(C)c2=O)C1. The van der Waals surface area contributed by atoms with Crippen molar-refractivity contribution in [2.75, 3.05) is 24.5 Å². The molecule has 0 radical (unpaired) electrons. The third kappa shape index (κ3) is 2.66. The van der Waals surface area contributed by atoms with Crippen LogP contribution in [0.4, 0.5) is 5.82 Å². The smallest absolute Gasteiger partial charge is 0.293 e. The number of rotatable bonds is 3. The van der Waals surface area contributed by atoms with Crippen LogP contribution in [0.3, 0.4) is 0 Å². The minimum absolute atomic E-state index is 0.00958. The van der Waals surface area contributed by atoms with Gasteiger partial charge in [0.1, 0.15) is 0 Å². The molecule has 0 amide bonds. The maximum absolute atomic E-state index is 12.0. The molecule has 0 bridgehead atoms. The number of aryl methyl sites for hydroxylation is 1. The Bertz CT molecular complexity index is 427. The highest BCUT2D eigenvalue weighted by Crippen LogP contribution is 2.14. The fourth-order valence-electron chi connectivity index (χ4n) is 2.33. The maximum Gasteiger partial charge on any atom is 0.293 e. The van der Waals surface area contributed by atoms with Gasteiger partial charge in [-0.2, -0.15) is 0 Å². The summed E-state index contributed by atoms with van der Waals surface area (Å²) >= 11 is 0. The van der Waals surface area contributed by atoms with Crippen LogP contribution in [0.1, 0.15) is 19.8 Å². The first-order valence-corrected chi connectivity index (χ1v) is 6.22. The van der Waals surface area contributed by atoms with E-state index in [2.05, 4.69) is 22.1 Å². The summed E-state index contributed by atoms with van der Waals surface area (Å²) in [5.74, 6) is 0.581. The lowest BCUT2D eigenvalue weighted by atomic mass is 10.1. The lowest BCUT2D eigenvalue weighted by molar-refractivity contribution is 0.428. The van der Waals surface area contributed by atoms with Gasteiger partial charge in [0.25, 0.3) is 5.56 Å². The first kappa shape index (κ1) is 12.1. The first-order chi connectivity index (χ1) is 8.22. The monoisotopic (exact) mass is 236 g/mol. The van der Waals surface area contributed by atoms with Gasteiger partial charge in [-0.05, 0) is 19.4 Å². The molecule has 1 aromatic rings. The molecule has 0 saturated carbocycles. The topological polar surface area (TPSA) is 50.2 Å². The Morgan fingerprint density at radius 3 is 3.18 bits per heavy atom. The fourth-order valence-corrected chi connectivity index (χ4v) is 2.33. The van der Waals surface area contributed by atoms with Gasteiger partial charge < -0.3 is 14.8 Å². The number of hydrogen-bond donors (Lipinski definition) is 1. The second kappa shape index (κ2) is 5.31. The molecule has 2 heterocycles. The molecular weight excluding hydrogens is 216 g/mol. The summed E-state index contributed by atoms with van der Waals surface area (Å²) in [4.78, 5) is 18.3. The molecule has 1 saturated heterocycles. The summed E-state index contributed by atoms with van der Waals surface area (Å²) < 4.78 is 1.58. The quantitative estimate of drug-likeness (QED) is 0.823. The molecule has 0 aliphatic carbocycles. The minimum atomic E-state index is -0.00958. The number of nitrogens with one attached hydrogen (secondary N) is 1. The summed E-state index contributed by atoms with van der Waals surface area (Å²) in [6.45, 7) is 4.88. The highest BCUT2D eigenvalue weighted by atomic mass is 16.1. The number of likely N-dealkylation sites (N-methyl/N-ethyl adjacent to an activating group) is 1. The van der Waals surface area contributed by atoms with E-state index in [0.29, 0.717) is 11.9 Å². The van der Waals surface area contributed by atoms with E-state index in [4.69, 9.17) is 0 Å². The summed E-state index contributed by atoms with van der Waals surface area (Å²) in [7, 11) is 1.76. The molecule has 17 heavy (non-hydrogen) atoms. The first-order valence-electron chi connectivity index (χ1n) is 6.22. The molecule has 94 valence electrons. The van der Waals surface area contributed by atoms with Crippen LogP contribution in [0.5, 0.6) is 0 Å². The molecule has 1 N–H and O–H groups in total. The van der Waals surface area contributed by atoms with Gasteiger partial charge >= 0.3 is 0 Å². The van der Waals surface area contributed by atoms with Crippen LogP contribution in [-0.4, -0.2) is 35.2 Å². The Labute approximate surface area is 101 Å². The Hall–Kier alpha value is -1.36. The number of aromatic nitrogens is 2. The van der Waals surface area contributed by atoms with Crippen molar-refractivity contribution in [1.29, 1.82) is 0 Å². The Morgan fingerprint density at radius 1 is 1.59 bits per heavy atom. The average molecular weight is 236 g/mol. The van der Waals surface area contributed by atoms with Crippen LogP contribution in [0.2, 0.25) is 0 Å². The second-order valence-electron chi connectivity index (χ2n) is 4.51. The van der Waals surface area contributed by atoms with Crippen molar-refractivity contribution in [2.24, 2.45) is 7.05 Å². The summed E-state index contributed by atoms with van der Waals surface area (Å²) in [5.41, 5.74) is -0.00958. The zero-order chi connectivity index (χ0) is 12.3. The normalized spacial score (nSPS) is 20.6. The molecule has 1 aromatic heterocycles. The van der Waals surface area contributed by atoms with Crippen molar-refractivity contribution in [3.8, 4) is 0 Å². The summed E-state index contributed by atoms with van der Waals surface area (Å²) in [6, 6.07) is 0.473. The summed E-state index contributed by atoms with van der Waals surface area (Å²) in [5, 5.41) is 3.44. The van der Waals surface area contributed by atoms with Crippen LogP contribution in [0.25, 0.3) is 0 Å². The Kier molecular flexibility index (Phi) is 3.78. The second-order valence-corrected chi connectivity index (χ2v) is 4.51. The predicted molar refractivity (Wildman–Crippen MR) is 68.4 cm³/mol. The van der Waals surface area contributed by atoms with Gasteiger partial charge in [0.05, 0.1) is 0 Å². The van der Waals surface area contributed by atoms with Crippen molar-refractivity contribution in [3.05, 3.63) is 22.7 Å². The maximum atomic E-state index is 12.0. The number of hydrogen-bond acceptors (Lipinski definition) is 4. The van der Waals surface area contributed by atoms with Crippen molar-refractivity contribution >= 4 is 5.82 Å². The van der Waals surface area contributed by atoms with E-state index in [0.717, 1.165) is 26.1 Å². The van der Waals surface area contributed by atoms with Crippen molar-refractivity contribution in [2.45, 2.75) is 25.8 Å². The molecule has 5 nitrogen and oxygen atoms in total. The Balaban J connectivity index is 2.16. The van der Waals surface area contributed by atoms with E-state index < -0.39 is 0 Å². The van der Waals surface area contributed by atoms with Crippen LogP contribution < -0.4 is 15.8 Å². The van der Waals surface area contributed by atoms with E-state index in [9.17, 15) is 4.79 Å². The molecular formula is C12H20N4O. The number of anilines is 1. The average Bonchev–Trinajstić information content (AvgIpc) is 2.33. The van der Waals surface area contributed by atoms with E-state index in [1.54, 1.807) is 24.0 Å². The van der Waals surface area contributed by atoms with Gasteiger partial charge in [-0.25, -0.2) is 4.98 Å². The van der Waals surface area contributed by atoms with Gasteiger partial charge in [0, 0.05) is 38.6 Å². The van der Waals surface area contributed by atoms with Gasteiger partial charge in [-0.1, -0.05) is 6.92 Å². The minimum Gasteiger partial charge on any atom is -0.350 e. The molecule has 1 aliphatic rings. The van der Waals surface area contributed by atoms with Crippen molar-refractivity contribution in [1.82, 2.24) is 14.9 Å². The lowest BCUT2D eigenvalue weighted by Crippen LogP contribution is -2.47. The van der Waals surface area contributed by atoms with Gasteiger partial charge in [-0.3, -0.25) is 4.79 Å². The van der Waals surface area contributed by atoms with Crippen molar-refractivity contribution < 1.29 is 0 Å². The summed E-state index contributed by atoms with van der Waals surface area (Å²) in [6.07, 6.45) is 5.67. The van der Waals surface area contributed by atoms with E-state index >= 15 is 0 Å². The molecule has 1 unspecified atom stereocenters. The van der Waals surface area contributed by atoms with Crippen LogP contribution >= 0.6 is 0 Å². The molecule has 1 aliphatic heterocycles. The van der Waals surface area contributed by atoms with Gasteiger partial charge in [0.2, 0.25) is 0 Å². The zero-order valence-corrected chi connectivity index (χ0v) is 10.5. The number of piperidine rings is 1. The van der Waals surface area contributed by atoms with Gasteiger partial charge in [0.15, 0.2) is 5.82 Å². The third-order valence-corrected chi connectivity index (χ3v) is 3.21. The Morgan fingerprint density at radius 2 is 2.41 bits per heavy atom. The lowest BCUT2D eigenvalue weighted by Gasteiger charge is -2.33. The third-order valence-electron chi connectivity index (χ3n) is 3.21. The van der Waals surface area contributed by atoms with Crippen LogP contribution in [-0.2, 0) is 7.05 Å². The van der Waals surface area contributed by atoms with Crippen LogP contribution in [0.15, 0.2) is 17.2 Å². The predicted octanol–water partition coefficient (Wildman–Crippen LogP) is 0.359. The highest BCUT2D eigenvalue weighted by Gasteiger charge is 2.22. The van der Waals surface area contributed by atoms with E-state index in [1.165, 1.54) is 6.42 Å². The molecule has 1 atom stereocenters. The molecule has 0 aromatic carbocycles. The van der Waals surface area contributed by atoms with Crippen molar-refractivity contribution in [3.63, 3.8) is 0 Å². The highest BCUT2D eigenvalue weighted by molar-refractivity contribution is 5.36. The van der Waals surface area contributed by atoms with E-state index in [1.807, 2.05) is 0 Å². The molecule has 0 spiro atoms. The largest absolute Gasteiger partial charge is 0.350 e. The number of nitrogens with zero attached hydrogens (tertiary/aromatic N) is 3. The molecule has 1 fully saturated rings. The zero-order valence-electron chi connectivity index (χ0n) is 10.5. The van der Waals surface area contributed by atoms with Gasteiger partial charge in [-0.15, -0.1) is 0 Å². The molecule has 5 heteroatoms. The van der Waals surface area contributed by atoms with E-state index in [-0.39, 0.29) is 5.56 Å². The fraction of sp³-hybridized carbons (Fsp3) is 0.667. The standard InChI is InChI=1S/C12H20N4O/c1-3-13-10-5-4-7-16(9-10)11-12(17)15(2)8-6-14-11/h6,8,10,13H,3-5,7,9H2,1-2H3. The molecule has 2 rings (SSSR count). The van der Waals surface area contributed by atoms with Crippen LogP contribution in [0, 0.1) is 0 Å².